The van der Waals surface area contributed by atoms with E-state index in [4.69, 9.17) is 10.5 Å². The zero-order chi connectivity index (χ0) is 10.3. The Kier molecular flexibility index (Phi) is 5.66. The van der Waals surface area contributed by atoms with Gasteiger partial charge in [0.05, 0.1) is 0 Å². The fourth-order valence-corrected chi connectivity index (χ4v) is 0.774. The lowest BCUT2D eigenvalue weighted by atomic mass is 10.1. The molecule has 4 nitrogen and oxygen atoms in total. The molecular formula is C9H20N2O2. The maximum absolute atomic E-state index is 11.2. The molecule has 13 heavy (non-hydrogen) atoms. The predicted molar refractivity (Wildman–Crippen MR) is 52.4 cm³/mol. The maximum atomic E-state index is 11.2. The fraction of sp³-hybridized carbons (Fsp3) is 0.889. The average Bonchev–Trinajstić information content (AvgIpc) is 2.04. The molecule has 0 heterocycles. The molecule has 1 amide bonds. The number of rotatable bonds is 6. The van der Waals surface area contributed by atoms with Gasteiger partial charge >= 0.3 is 0 Å². The van der Waals surface area contributed by atoms with Crippen molar-refractivity contribution in [3.63, 3.8) is 0 Å². The SMILES string of the molecule is CCCOCC(=O)NC(C)(C)CN. The lowest BCUT2D eigenvalue weighted by molar-refractivity contribution is -0.127. The van der Waals surface area contributed by atoms with Crippen LogP contribution in [-0.4, -0.2) is 31.2 Å². The van der Waals surface area contributed by atoms with Crippen molar-refractivity contribution in [1.29, 1.82) is 0 Å². The molecular weight excluding hydrogens is 168 g/mol. The van der Waals surface area contributed by atoms with Gasteiger partial charge in [0.2, 0.25) is 5.91 Å². The summed E-state index contributed by atoms with van der Waals surface area (Å²) in [6, 6.07) is 0. The molecule has 0 aromatic carbocycles. The number of nitrogens with two attached hydrogens (primary N) is 1. The molecule has 0 aromatic heterocycles. The van der Waals surface area contributed by atoms with E-state index in [1.807, 2.05) is 20.8 Å². The molecule has 0 unspecified atom stereocenters. The largest absolute Gasteiger partial charge is 0.372 e. The van der Waals surface area contributed by atoms with E-state index in [1.54, 1.807) is 0 Å². The summed E-state index contributed by atoms with van der Waals surface area (Å²) in [6.45, 7) is 6.93. The van der Waals surface area contributed by atoms with Gasteiger partial charge in [0, 0.05) is 18.7 Å². The average molecular weight is 188 g/mol. The molecule has 4 heteroatoms. The lowest BCUT2D eigenvalue weighted by Crippen LogP contribution is -2.50. The summed E-state index contributed by atoms with van der Waals surface area (Å²) in [5.41, 5.74) is 5.11. The third-order valence-corrected chi connectivity index (χ3v) is 1.57. The Bertz CT molecular complexity index is 158. The number of ether oxygens (including phenoxy) is 1. The predicted octanol–water partition coefficient (Wildman–Crippen LogP) is 0.267. The van der Waals surface area contributed by atoms with E-state index in [0.29, 0.717) is 13.2 Å². The van der Waals surface area contributed by atoms with E-state index in [0.717, 1.165) is 6.42 Å². The Labute approximate surface area is 79.8 Å². The van der Waals surface area contributed by atoms with Gasteiger partial charge in [-0.1, -0.05) is 6.92 Å². The van der Waals surface area contributed by atoms with Crippen LogP contribution >= 0.6 is 0 Å². The second-order valence-corrected chi connectivity index (χ2v) is 3.69. The van der Waals surface area contributed by atoms with Gasteiger partial charge < -0.3 is 15.8 Å². The van der Waals surface area contributed by atoms with Crippen LogP contribution in [0.3, 0.4) is 0 Å². The van der Waals surface area contributed by atoms with Crippen molar-refractivity contribution >= 4 is 5.91 Å². The Hall–Kier alpha value is -0.610. The molecule has 0 radical (unpaired) electrons. The quantitative estimate of drug-likeness (QED) is 0.588. The Morgan fingerprint density at radius 3 is 2.62 bits per heavy atom. The smallest absolute Gasteiger partial charge is 0.246 e. The lowest BCUT2D eigenvalue weighted by Gasteiger charge is -2.23. The summed E-state index contributed by atoms with van der Waals surface area (Å²) < 4.78 is 5.08. The molecule has 0 saturated carbocycles. The van der Waals surface area contributed by atoms with Crippen LogP contribution < -0.4 is 11.1 Å². The Morgan fingerprint density at radius 2 is 2.15 bits per heavy atom. The molecule has 3 N–H and O–H groups in total. The standard InChI is InChI=1S/C9H20N2O2/c1-4-5-13-6-8(12)11-9(2,3)7-10/h4-7,10H2,1-3H3,(H,11,12). The summed E-state index contributed by atoms with van der Waals surface area (Å²) in [6.07, 6.45) is 0.924. The number of carbonyl (C=O) groups excluding carboxylic acids is 1. The van der Waals surface area contributed by atoms with Crippen LogP contribution in [0, 0.1) is 0 Å². The van der Waals surface area contributed by atoms with Crippen LogP contribution in [0.1, 0.15) is 27.2 Å². The van der Waals surface area contributed by atoms with E-state index >= 15 is 0 Å². The van der Waals surface area contributed by atoms with Gasteiger partial charge in [0.1, 0.15) is 6.61 Å². The summed E-state index contributed by atoms with van der Waals surface area (Å²) in [5, 5.41) is 2.78. The molecule has 0 fully saturated rings. The number of carbonyl (C=O) groups is 1. The molecule has 78 valence electrons. The monoisotopic (exact) mass is 188 g/mol. The van der Waals surface area contributed by atoms with Crippen molar-refractivity contribution in [1.82, 2.24) is 5.32 Å². The molecule has 0 bridgehead atoms. The molecule has 0 atom stereocenters. The summed E-state index contributed by atoms with van der Waals surface area (Å²) in [4.78, 5) is 11.2. The second kappa shape index (κ2) is 5.94. The van der Waals surface area contributed by atoms with Crippen LogP contribution in [0.2, 0.25) is 0 Å². The van der Waals surface area contributed by atoms with Gasteiger partial charge in [-0.3, -0.25) is 4.79 Å². The van der Waals surface area contributed by atoms with E-state index < -0.39 is 0 Å². The summed E-state index contributed by atoms with van der Waals surface area (Å²) in [5.74, 6) is -0.107. The normalized spacial score (nSPS) is 11.4. The highest BCUT2D eigenvalue weighted by Gasteiger charge is 2.17. The zero-order valence-corrected chi connectivity index (χ0v) is 8.72. The van der Waals surface area contributed by atoms with Crippen LogP contribution in [0.5, 0.6) is 0 Å². The number of hydrogen-bond acceptors (Lipinski definition) is 3. The third kappa shape index (κ3) is 6.54. The fourth-order valence-electron chi connectivity index (χ4n) is 0.774. The van der Waals surface area contributed by atoms with Gasteiger partial charge in [-0.15, -0.1) is 0 Å². The van der Waals surface area contributed by atoms with Gasteiger partial charge in [-0.2, -0.15) is 0 Å². The zero-order valence-electron chi connectivity index (χ0n) is 8.72. The highest BCUT2D eigenvalue weighted by Crippen LogP contribution is 1.97. The molecule has 0 aliphatic carbocycles. The van der Waals surface area contributed by atoms with Gasteiger partial charge in [-0.25, -0.2) is 0 Å². The van der Waals surface area contributed by atoms with E-state index in [2.05, 4.69) is 5.32 Å². The number of amides is 1. The topological polar surface area (TPSA) is 64.3 Å². The Morgan fingerprint density at radius 1 is 1.54 bits per heavy atom. The van der Waals surface area contributed by atoms with Crippen molar-refractivity contribution in [2.45, 2.75) is 32.7 Å². The molecule has 0 rings (SSSR count). The van der Waals surface area contributed by atoms with Gasteiger partial charge in [-0.05, 0) is 20.3 Å². The van der Waals surface area contributed by atoms with E-state index in [9.17, 15) is 4.79 Å². The van der Waals surface area contributed by atoms with Crippen molar-refractivity contribution in [2.24, 2.45) is 5.73 Å². The Balaban J connectivity index is 3.62. The van der Waals surface area contributed by atoms with Crippen molar-refractivity contribution in [2.75, 3.05) is 19.8 Å². The molecule has 0 saturated heterocycles. The molecule has 0 aliphatic heterocycles. The van der Waals surface area contributed by atoms with E-state index in [1.165, 1.54) is 0 Å². The summed E-state index contributed by atoms with van der Waals surface area (Å²) in [7, 11) is 0. The first-order chi connectivity index (χ1) is 6.02. The van der Waals surface area contributed by atoms with Crippen LogP contribution in [-0.2, 0) is 9.53 Å². The van der Waals surface area contributed by atoms with Crippen LogP contribution in [0.15, 0.2) is 0 Å². The minimum absolute atomic E-state index is 0.107. The van der Waals surface area contributed by atoms with Crippen LogP contribution in [0.25, 0.3) is 0 Å². The second-order valence-electron chi connectivity index (χ2n) is 3.69. The highest BCUT2D eigenvalue weighted by atomic mass is 16.5. The minimum Gasteiger partial charge on any atom is -0.372 e. The van der Waals surface area contributed by atoms with Gasteiger partial charge in [0.15, 0.2) is 0 Å². The first-order valence-corrected chi connectivity index (χ1v) is 4.60. The molecule has 0 aromatic rings. The number of hydrogen-bond donors (Lipinski definition) is 2. The molecule has 0 aliphatic rings. The third-order valence-electron chi connectivity index (χ3n) is 1.57. The number of nitrogens with one attached hydrogen (secondary N) is 1. The van der Waals surface area contributed by atoms with Gasteiger partial charge in [0.25, 0.3) is 0 Å². The minimum atomic E-state index is -0.341. The summed E-state index contributed by atoms with van der Waals surface area (Å²) >= 11 is 0. The van der Waals surface area contributed by atoms with Crippen LogP contribution in [0.4, 0.5) is 0 Å². The molecule has 0 spiro atoms. The first-order valence-electron chi connectivity index (χ1n) is 4.60. The van der Waals surface area contributed by atoms with E-state index in [-0.39, 0.29) is 18.1 Å². The highest BCUT2D eigenvalue weighted by molar-refractivity contribution is 5.77. The van der Waals surface area contributed by atoms with Crippen molar-refractivity contribution in [3.8, 4) is 0 Å². The van der Waals surface area contributed by atoms with Crippen molar-refractivity contribution < 1.29 is 9.53 Å². The van der Waals surface area contributed by atoms with Crippen molar-refractivity contribution in [3.05, 3.63) is 0 Å². The first kappa shape index (κ1) is 12.4. The maximum Gasteiger partial charge on any atom is 0.246 e.